The molecule has 2 aromatic heterocycles. The minimum atomic E-state index is -0.437. The topological polar surface area (TPSA) is 120 Å². The van der Waals surface area contributed by atoms with Gasteiger partial charge in [-0.2, -0.15) is 4.98 Å². The van der Waals surface area contributed by atoms with Gasteiger partial charge >= 0.3 is 0 Å². The summed E-state index contributed by atoms with van der Waals surface area (Å²) in [4.78, 5) is 25.6. The fourth-order valence-corrected chi connectivity index (χ4v) is 4.92. The molecule has 180 valence electrons. The second-order valence-electron chi connectivity index (χ2n) is 8.90. The van der Waals surface area contributed by atoms with E-state index >= 15 is 0 Å². The summed E-state index contributed by atoms with van der Waals surface area (Å²) in [7, 11) is 0. The molecule has 3 aromatic rings. The largest absolute Gasteiger partial charge is 0.381 e. The van der Waals surface area contributed by atoms with Crippen LogP contribution < -0.4 is 16.4 Å². The SMILES string of the molecule is NC(=O)C1CCC(n2c(Nc3cc(Cl)ccc3F)nc3cnc(NC4CCOCC4)nc32)CC1. The van der Waals surface area contributed by atoms with E-state index in [1.807, 2.05) is 4.57 Å². The van der Waals surface area contributed by atoms with Gasteiger partial charge in [0.15, 0.2) is 5.65 Å². The Hall–Kier alpha value is -2.98. The van der Waals surface area contributed by atoms with Crippen molar-refractivity contribution in [2.24, 2.45) is 11.7 Å². The second-order valence-corrected chi connectivity index (χ2v) is 9.33. The third-order valence-corrected chi connectivity index (χ3v) is 6.86. The molecular formula is C23H27ClFN7O2. The van der Waals surface area contributed by atoms with Crippen molar-refractivity contribution in [3.05, 3.63) is 35.2 Å². The Morgan fingerprint density at radius 3 is 2.65 bits per heavy atom. The van der Waals surface area contributed by atoms with E-state index < -0.39 is 5.82 Å². The second kappa shape index (κ2) is 9.71. The number of rotatable bonds is 6. The van der Waals surface area contributed by atoms with E-state index in [0.717, 1.165) is 25.7 Å². The number of hydrogen-bond acceptors (Lipinski definition) is 7. The number of carbonyl (C=O) groups excluding carboxylic acids is 1. The van der Waals surface area contributed by atoms with Crippen molar-refractivity contribution in [2.45, 2.75) is 50.6 Å². The summed E-state index contributed by atoms with van der Waals surface area (Å²) in [5.74, 6) is 0.142. The molecule has 1 saturated heterocycles. The molecule has 4 N–H and O–H groups in total. The highest BCUT2D eigenvalue weighted by Gasteiger charge is 2.29. The van der Waals surface area contributed by atoms with Gasteiger partial charge in [-0.3, -0.25) is 9.36 Å². The molecule has 1 aliphatic heterocycles. The van der Waals surface area contributed by atoms with Gasteiger partial charge in [-0.25, -0.2) is 14.4 Å². The van der Waals surface area contributed by atoms with Crippen LogP contribution in [-0.4, -0.2) is 44.7 Å². The summed E-state index contributed by atoms with van der Waals surface area (Å²) in [5.41, 5.74) is 7.00. The van der Waals surface area contributed by atoms with E-state index in [1.165, 1.54) is 18.2 Å². The van der Waals surface area contributed by atoms with Crippen LogP contribution >= 0.6 is 11.6 Å². The summed E-state index contributed by atoms with van der Waals surface area (Å²) in [6.45, 7) is 1.42. The molecule has 0 atom stereocenters. The molecule has 1 saturated carbocycles. The summed E-state index contributed by atoms with van der Waals surface area (Å²) < 4.78 is 21.9. The molecule has 5 rings (SSSR count). The number of halogens is 2. The standard InChI is InChI=1S/C23H27ClFN7O2/c24-14-3-6-17(25)18(11-14)29-23-30-19-12-27-22(28-15-7-9-34-10-8-15)31-21(19)32(23)16-4-1-13(2-5-16)20(26)33/h3,6,11-13,15-16H,1-2,4-5,7-10H2,(H2,26,33)(H,29,30)(H,27,28,31). The van der Waals surface area contributed by atoms with Crippen molar-refractivity contribution in [3.8, 4) is 0 Å². The van der Waals surface area contributed by atoms with E-state index in [9.17, 15) is 9.18 Å². The Labute approximate surface area is 201 Å². The predicted octanol–water partition coefficient (Wildman–Crippen LogP) is 4.17. The molecule has 0 bridgehead atoms. The van der Waals surface area contributed by atoms with Crippen LogP contribution in [0.3, 0.4) is 0 Å². The number of hydrogen-bond donors (Lipinski definition) is 3. The van der Waals surface area contributed by atoms with Crippen LogP contribution in [0, 0.1) is 11.7 Å². The number of fused-ring (bicyclic) bond motifs is 1. The number of aromatic nitrogens is 4. The van der Waals surface area contributed by atoms with Gasteiger partial charge in [-0.15, -0.1) is 0 Å². The Kier molecular flexibility index (Phi) is 6.51. The number of benzene rings is 1. The zero-order valence-electron chi connectivity index (χ0n) is 18.6. The predicted molar refractivity (Wildman–Crippen MR) is 128 cm³/mol. The third kappa shape index (κ3) is 4.78. The summed E-state index contributed by atoms with van der Waals surface area (Å²) in [6.07, 6.45) is 6.29. The Morgan fingerprint density at radius 1 is 1.15 bits per heavy atom. The van der Waals surface area contributed by atoms with Crippen molar-refractivity contribution in [1.82, 2.24) is 19.5 Å². The van der Waals surface area contributed by atoms with Crippen LogP contribution in [0.25, 0.3) is 11.2 Å². The molecule has 1 aliphatic carbocycles. The molecule has 11 heteroatoms. The van der Waals surface area contributed by atoms with E-state index in [2.05, 4.69) is 20.6 Å². The Balaban J connectivity index is 1.51. The first kappa shape index (κ1) is 22.8. The van der Waals surface area contributed by atoms with Gasteiger partial charge in [0.05, 0.1) is 11.9 Å². The minimum absolute atomic E-state index is 0.0242. The zero-order chi connectivity index (χ0) is 23.7. The molecule has 9 nitrogen and oxygen atoms in total. The number of ether oxygens (including phenoxy) is 1. The Morgan fingerprint density at radius 2 is 1.91 bits per heavy atom. The van der Waals surface area contributed by atoms with Crippen LogP contribution in [0.1, 0.15) is 44.6 Å². The highest BCUT2D eigenvalue weighted by atomic mass is 35.5. The number of anilines is 3. The van der Waals surface area contributed by atoms with Crippen LogP contribution in [-0.2, 0) is 9.53 Å². The summed E-state index contributed by atoms with van der Waals surface area (Å²) in [6, 6.07) is 4.60. The van der Waals surface area contributed by atoms with Crippen molar-refractivity contribution < 1.29 is 13.9 Å². The van der Waals surface area contributed by atoms with Crippen molar-refractivity contribution in [3.63, 3.8) is 0 Å². The fraction of sp³-hybridized carbons (Fsp3) is 0.478. The number of nitrogens with zero attached hydrogens (tertiary/aromatic N) is 4. The van der Waals surface area contributed by atoms with Gasteiger partial charge in [-0.1, -0.05) is 11.6 Å². The van der Waals surface area contributed by atoms with Gasteiger partial charge < -0.3 is 21.1 Å². The lowest BCUT2D eigenvalue weighted by Gasteiger charge is -2.29. The number of amides is 1. The first-order valence-corrected chi connectivity index (χ1v) is 12.0. The highest BCUT2D eigenvalue weighted by Crippen LogP contribution is 2.37. The maximum absolute atomic E-state index is 14.5. The average molecular weight is 488 g/mol. The Bertz CT molecular complexity index is 1190. The van der Waals surface area contributed by atoms with Crippen LogP contribution in [0.5, 0.6) is 0 Å². The molecule has 2 aliphatic rings. The maximum Gasteiger partial charge on any atom is 0.224 e. The lowest BCUT2D eigenvalue weighted by atomic mass is 9.85. The molecule has 2 fully saturated rings. The van der Waals surface area contributed by atoms with Gasteiger partial charge in [0.25, 0.3) is 0 Å². The maximum atomic E-state index is 14.5. The van der Waals surface area contributed by atoms with Crippen LogP contribution in [0.15, 0.2) is 24.4 Å². The molecule has 0 spiro atoms. The number of nitrogens with two attached hydrogens (primary N) is 1. The first-order valence-electron chi connectivity index (χ1n) is 11.6. The molecule has 0 unspecified atom stereocenters. The lowest BCUT2D eigenvalue weighted by molar-refractivity contribution is -0.122. The normalized spacial score (nSPS) is 21.5. The molecule has 1 aromatic carbocycles. The van der Waals surface area contributed by atoms with E-state index in [0.29, 0.717) is 54.1 Å². The number of primary amides is 1. The lowest BCUT2D eigenvalue weighted by Crippen LogP contribution is -2.29. The molecule has 1 amide bonds. The van der Waals surface area contributed by atoms with Gasteiger partial charge in [0.2, 0.25) is 17.8 Å². The monoisotopic (exact) mass is 487 g/mol. The van der Waals surface area contributed by atoms with Crippen LogP contribution in [0.4, 0.5) is 22.0 Å². The van der Waals surface area contributed by atoms with Gasteiger partial charge in [0, 0.05) is 36.2 Å². The number of carbonyl (C=O) groups is 1. The van der Waals surface area contributed by atoms with E-state index in [-0.39, 0.29) is 29.6 Å². The van der Waals surface area contributed by atoms with Crippen molar-refractivity contribution >= 4 is 46.3 Å². The molecule has 34 heavy (non-hydrogen) atoms. The van der Waals surface area contributed by atoms with Gasteiger partial charge in [0.1, 0.15) is 11.3 Å². The fourth-order valence-electron chi connectivity index (χ4n) is 4.75. The van der Waals surface area contributed by atoms with Crippen molar-refractivity contribution in [2.75, 3.05) is 23.8 Å². The first-order chi connectivity index (χ1) is 16.5. The minimum Gasteiger partial charge on any atom is -0.381 e. The molecular weight excluding hydrogens is 461 g/mol. The highest BCUT2D eigenvalue weighted by molar-refractivity contribution is 6.30. The third-order valence-electron chi connectivity index (χ3n) is 6.63. The smallest absolute Gasteiger partial charge is 0.224 e. The summed E-state index contributed by atoms with van der Waals surface area (Å²) >= 11 is 6.09. The molecule has 0 radical (unpaired) electrons. The molecule has 3 heterocycles. The van der Waals surface area contributed by atoms with Crippen molar-refractivity contribution in [1.29, 1.82) is 0 Å². The zero-order valence-corrected chi connectivity index (χ0v) is 19.4. The van der Waals surface area contributed by atoms with Gasteiger partial charge in [-0.05, 0) is 56.7 Å². The van der Waals surface area contributed by atoms with Crippen LogP contribution in [0.2, 0.25) is 5.02 Å². The number of nitrogens with one attached hydrogen (secondary N) is 2. The van der Waals surface area contributed by atoms with E-state index in [4.69, 9.17) is 27.1 Å². The summed E-state index contributed by atoms with van der Waals surface area (Å²) in [5, 5.41) is 6.91. The number of imidazole rings is 1. The van der Waals surface area contributed by atoms with E-state index in [1.54, 1.807) is 6.20 Å². The average Bonchev–Trinajstić information content (AvgIpc) is 3.19. The quantitative estimate of drug-likeness (QED) is 0.477.